The number of rotatable bonds is 6. The molecule has 20 heavy (non-hydrogen) atoms. The molecule has 4 heteroatoms. The van der Waals surface area contributed by atoms with Crippen LogP contribution in [-0.2, 0) is 4.79 Å². The number of nitrogens with zero attached hydrogens (tertiary/aromatic N) is 1. The van der Waals surface area contributed by atoms with Crippen molar-refractivity contribution in [3.63, 3.8) is 0 Å². The van der Waals surface area contributed by atoms with Crippen LogP contribution >= 0.6 is 0 Å². The predicted octanol–water partition coefficient (Wildman–Crippen LogP) is 1.83. The van der Waals surface area contributed by atoms with Crippen LogP contribution in [0.15, 0.2) is 24.3 Å². The Morgan fingerprint density at radius 2 is 2.35 bits per heavy atom. The van der Waals surface area contributed by atoms with Crippen LogP contribution in [0.2, 0.25) is 0 Å². The molecule has 0 bridgehead atoms. The first-order chi connectivity index (χ1) is 9.69. The summed E-state index contributed by atoms with van der Waals surface area (Å²) in [5.41, 5.74) is 1.17. The Morgan fingerprint density at radius 1 is 1.50 bits per heavy atom. The normalized spacial score (nSPS) is 18.3. The van der Waals surface area contributed by atoms with Crippen molar-refractivity contribution in [2.45, 2.75) is 19.8 Å². The van der Waals surface area contributed by atoms with E-state index in [1.165, 1.54) is 5.56 Å². The van der Waals surface area contributed by atoms with Crippen molar-refractivity contribution in [2.24, 2.45) is 5.92 Å². The van der Waals surface area contributed by atoms with Crippen LogP contribution in [0.5, 0.6) is 5.75 Å². The largest absolute Gasteiger partial charge is 0.493 e. The van der Waals surface area contributed by atoms with Crippen LogP contribution in [-0.4, -0.2) is 44.1 Å². The first kappa shape index (κ1) is 14.9. The van der Waals surface area contributed by atoms with Gasteiger partial charge in [0.2, 0.25) is 5.91 Å². The predicted molar refractivity (Wildman–Crippen MR) is 79.9 cm³/mol. The van der Waals surface area contributed by atoms with Gasteiger partial charge in [0.05, 0.1) is 13.0 Å². The van der Waals surface area contributed by atoms with Crippen molar-refractivity contribution in [1.29, 1.82) is 0 Å². The van der Waals surface area contributed by atoms with Crippen molar-refractivity contribution in [3.05, 3.63) is 29.8 Å². The summed E-state index contributed by atoms with van der Waals surface area (Å²) in [6.45, 7) is 5.24. The molecule has 1 atom stereocenters. The number of nitrogens with one attached hydrogen (secondary N) is 1. The summed E-state index contributed by atoms with van der Waals surface area (Å²) >= 11 is 0. The van der Waals surface area contributed by atoms with Gasteiger partial charge in [0.15, 0.2) is 0 Å². The maximum atomic E-state index is 12.1. The topological polar surface area (TPSA) is 41.6 Å². The van der Waals surface area contributed by atoms with Crippen LogP contribution in [0.4, 0.5) is 0 Å². The molecule has 0 radical (unpaired) electrons. The van der Waals surface area contributed by atoms with Crippen LogP contribution in [0, 0.1) is 12.8 Å². The molecule has 0 aliphatic carbocycles. The van der Waals surface area contributed by atoms with Gasteiger partial charge in [-0.15, -0.1) is 0 Å². The standard InChI is InChI=1S/C16H24N2O2/c1-13-4-3-5-15(10-13)20-9-7-16(19)18-8-6-14(12-18)11-17-2/h3-5,10,14,17H,6-9,11-12H2,1-2H3. The third-order valence-corrected chi connectivity index (χ3v) is 3.71. The molecule has 110 valence electrons. The maximum Gasteiger partial charge on any atom is 0.226 e. The van der Waals surface area contributed by atoms with Crippen molar-refractivity contribution in [3.8, 4) is 5.75 Å². The molecule has 0 aromatic heterocycles. The molecule has 1 saturated heterocycles. The van der Waals surface area contributed by atoms with E-state index in [1.807, 2.05) is 43.1 Å². The molecule has 0 spiro atoms. The molecule has 1 unspecified atom stereocenters. The summed E-state index contributed by atoms with van der Waals surface area (Å²) in [5, 5.41) is 3.18. The van der Waals surface area contributed by atoms with Crippen LogP contribution in [0.3, 0.4) is 0 Å². The zero-order chi connectivity index (χ0) is 14.4. The number of ether oxygens (including phenoxy) is 1. The van der Waals surface area contributed by atoms with Crippen molar-refractivity contribution >= 4 is 5.91 Å². The van der Waals surface area contributed by atoms with E-state index in [2.05, 4.69) is 5.32 Å². The van der Waals surface area contributed by atoms with E-state index in [0.29, 0.717) is 18.9 Å². The zero-order valence-electron chi connectivity index (χ0n) is 12.4. The van der Waals surface area contributed by atoms with E-state index < -0.39 is 0 Å². The fourth-order valence-electron chi connectivity index (χ4n) is 2.63. The Hall–Kier alpha value is -1.55. The summed E-state index contributed by atoms with van der Waals surface area (Å²) < 4.78 is 5.63. The minimum Gasteiger partial charge on any atom is -0.493 e. The highest BCUT2D eigenvalue weighted by Gasteiger charge is 2.25. The van der Waals surface area contributed by atoms with E-state index in [1.54, 1.807) is 0 Å². The second kappa shape index (κ2) is 7.29. The van der Waals surface area contributed by atoms with Gasteiger partial charge in [0.25, 0.3) is 0 Å². The summed E-state index contributed by atoms with van der Waals surface area (Å²) in [6, 6.07) is 7.92. The molecule has 4 nitrogen and oxygen atoms in total. The number of aryl methyl sites for hydroxylation is 1. The smallest absolute Gasteiger partial charge is 0.226 e. The Bertz CT molecular complexity index is 448. The lowest BCUT2D eigenvalue weighted by atomic mass is 10.1. The van der Waals surface area contributed by atoms with Gasteiger partial charge in [0, 0.05) is 13.1 Å². The van der Waals surface area contributed by atoms with Crippen molar-refractivity contribution < 1.29 is 9.53 Å². The lowest BCUT2D eigenvalue weighted by molar-refractivity contribution is -0.130. The fourth-order valence-corrected chi connectivity index (χ4v) is 2.63. The molecule has 1 aromatic rings. The van der Waals surface area contributed by atoms with E-state index in [4.69, 9.17) is 4.74 Å². The van der Waals surface area contributed by atoms with Gasteiger partial charge in [-0.3, -0.25) is 4.79 Å². The molecule has 1 aliphatic rings. The lowest BCUT2D eigenvalue weighted by Crippen LogP contribution is -2.31. The Labute approximate surface area is 121 Å². The van der Waals surface area contributed by atoms with Gasteiger partial charge in [-0.1, -0.05) is 12.1 Å². The zero-order valence-corrected chi connectivity index (χ0v) is 12.4. The van der Waals surface area contributed by atoms with Gasteiger partial charge in [-0.25, -0.2) is 0 Å². The molecule has 1 N–H and O–H groups in total. The first-order valence-electron chi connectivity index (χ1n) is 7.31. The fraction of sp³-hybridized carbons (Fsp3) is 0.562. The van der Waals surface area contributed by atoms with E-state index in [0.717, 1.165) is 31.8 Å². The molecular formula is C16H24N2O2. The van der Waals surface area contributed by atoms with Gasteiger partial charge >= 0.3 is 0 Å². The molecule has 1 fully saturated rings. The first-order valence-corrected chi connectivity index (χ1v) is 7.31. The summed E-state index contributed by atoms with van der Waals surface area (Å²) in [7, 11) is 1.96. The second-order valence-corrected chi connectivity index (χ2v) is 5.47. The van der Waals surface area contributed by atoms with Gasteiger partial charge in [-0.2, -0.15) is 0 Å². The van der Waals surface area contributed by atoms with Gasteiger partial charge in [0.1, 0.15) is 5.75 Å². The van der Waals surface area contributed by atoms with E-state index >= 15 is 0 Å². The number of hydrogen-bond donors (Lipinski definition) is 1. The lowest BCUT2D eigenvalue weighted by Gasteiger charge is -2.16. The minimum atomic E-state index is 0.205. The van der Waals surface area contributed by atoms with Gasteiger partial charge < -0.3 is 15.0 Å². The second-order valence-electron chi connectivity index (χ2n) is 5.47. The molecular weight excluding hydrogens is 252 g/mol. The number of amides is 1. The third kappa shape index (κ3) is 4.23. The molecule has 1 aromatic carbocycles. The average Bonchev–Trinajstić information content (AvgIpc) is 2.88. The molecule has 1 amide bonds. The number of benzene rings is 1. The third-order valence-electron chi connectivity index (χ3n) is 3.71. The monoisotopic (exact) mass is 276 g/mol. The van der Waals surface area contributed by atoms with Crippen molar-refractivity contribution in [2.75, 3.05) is 33.3 Å². The average molecular weight is 276 g/mol. The van der Waals surface area contributed by atoms with Crippen LogP contribution < -0.4 is 10.1 Å². The molecule has 1 aliphatic heterocycles. The number of likely N-dealkylation sites (tertiary alicyclic amines) is 1. The molecule has 0 saturated carbocycles. The number of carbonyl (C=O) groups is 1. The van der Waals surface area contributed by atoms with Gasteiger partial charge in [-0.05, 0) is 50.6 Å². The Kier molecular flexibility index (Phi) is 5.41. The minimum absolute atomic E-state index is 0.205. The van der Waals surface area contributed by atoms with E-state index in [9.17, 15) is 4.79 Å². The highest BCUT2D eigenvalue weighted by atomic mass is 16.5. The number of hydrogen-bond acceptors (Lipinski definition) is 3. The molecule has 1 heterocycles. The summed E-state index contributed by atoms with van der Waals surface area (Å²) in [4.78, 5) is 14.0. The quantitative estimate of drug-likeness (QED) is 0.862. The highest BCUT2D eigenvalue weighted by molar-refractivity contribution is 5.76. The molecule has 2 rings (SSSR count). The summed E-state index contributed by atoms with van der Waals surface area (Å²) in [5.74, 6) is 1.64. The highest BCUT2D eigenvalue weighted by Crippen LogP contribution is 2.17. The number of carbonyl (C=O) groups excluding carboxylic acids is 1. The Balaban J connectivity index is 1.70. The van der Waals surface area contributed by atoms with Crippen LogP contribution in [0.25, 0.3) is 0 Å². The van der Waals surface area contributed by atoms with E-state index in [-0.39, 0.29) is 5.91 Å². The Morgan fingerprint density at radius 3 is 3.10 bits per heavy atom. The maximum absolute atomic E-state index is 12.1. The van der Waals surface area contributed by atoms with Crippen molar-refractivity contribution in [1.82, 2.24) is 10.2 Å². The summed E-state index contributed by atoms with van der Waals surface area (Å²) in [6.07, 6.45) is 1.56. The van der Waals surface area contributed by atoms with Crippen LogP contribution in [0.1, 0.15) is 18.4 Å². The SMILES string of the molecule is CNCC1CCN(C(=O)CCOc2cccc(C)c2)C1.